The maximum atomic E-state index is 5.95. The van der Waals surface area contributed by atoms with Crippen molar-refractivity contribution < 1.29 is 9.47 Å². The van der Waals surface area contributed by atoms with Crippen LogP contribution in [0.25, 0.3) is 0 Å². The van der Waals surface area contributed by atoms with E-state index in [-0.39, 0.29) is 0 Å². The molecule has 4 heteroatoms. The molecule has 1 aromatic carbocycles. The molecule has 2 rings (SSSR count). The Kier molecular flexibility index (Phi) is 2.07. The van der Waals surface area contributed by atoms with Crippen molar-refractivity contribution >= 4 is 23.4 Å². The van der Waals surface area contributed by atoms with Crippen LogP contribution in [0, 0.1) is 0 Å². The van der Waals surface area contributed by atoms with Gasteiger partial charge in [-0.2, -0.15) is 0 Å². The molecule has 1 aliphatic rings. The molecule has 1 aromatic rings. The van der Waals surface area contributed by atoms with E-state index in [1.165, 1.54) is 0 Å². The van der Waals surface area contributed by atoms with Gasteiger partial charge in [0.05, 0.1) is 9.92 Å². The molecule has 2 nitrogen and oxygen atoms in total. The lowest BCUT2D eigenvalue weighted by molar-refractivity contribution is 0.172. The van der Waals surface area contributed by atoms with E-state index >= 15 is 0 Å². The summed E-state index contributed by atoms with van der Waals surface area (Å²) in [4.78, 5) is 0.951. The fourth-order valence-electron chi connectivity index (χ4n) is 1.11. The van der Waals surface area contributed by atoms with E-state index in [0.29, 0.717) is 11.8 Å². The molecular weight excluding hydrogens is 196 g/mol. The fraction of sp³-hybridized carbons (Fsp3) is 0.250. The van der Waals surface area contributed by atoms with Gasteiger partial charge in [0.1, 0.15) is 0 Å². The van der Waals surface area contributed by atoms with Crippen molar-refractivity contribution in [3.63, 3.8) is 0 Å². The Labute approximate surface area is 79.8 Å². The third kappa shape index (κ3) is 1.13. The van der Waals surface area contributed by atoms with Gasteiger partial charge in [0.15, 0.2) is 11.5 Å². The van der Waals surface area contributed by atoms with E-state index in [2.05, 4.69) is 0 Å². The van der Waals surface area contributed by atoms with Gasteiger partial charge in [0.2, 0.25) is 6.79 Å². The first-order valence-corrected chi connectivity index (χ1v) is 5.05. The maximum Gasteiger partial charge on any atom is 0.231 e. The monoisotopic (exact) mass is 202 g/mol. The first kappa shape index (κ1) is 8.08. The minimum atomic E-state index is 0.295. The molecular formula is C8H7ClO2S. The molecule has 0 aliphatic carbocycles. The van der Waals surface area contributed by atoms with E-state index in [4.69, 9.17) is 21.1 Å². The smallest absolute Gasteiger partial charge is 0.231 e. The van der Waals surface area contributed by atoms with Crippen molar-refractivity contribution in [1.82, 2.24) is 0 Å². The predicted octanol–water partition coefficient (Wildman–Crippen LogP) is 2.79. The zero-order valence-electron chi connectivity index (χ0n) is 6.46. The molecule has 0 saturated carbocycles. The number of hydrogen-bond donors (Lipinski definition) is 0. The average molecular weight is 203 g/mol. The first-order valence-electron chi connectivity index (χ1n) is 3.45. The molecule has 1 heterocycles. The summed E-state index contributed by atoms with van der Waals surface area (Å²) < 4.78 is 10.5. The van der Waals surface area contributed by atoms with Gasteiger partial charge in [-0.1, -0.05) is 11.6 Å². The highest BCUT2D eigenvalue weighted by atomic mass is 35.5. The van der Waals surface area contributed by atoms with Gasteiger partial charge in [-0.25, -0.2) is 0 Å². The second-order valence-corrected chi connectivity index (χ2v) is 3.54. The van der Waals surface area contributed by atoms with E-state index in [9.17, 15) is 0 Å². The van der Waals surface area contributed by atoms with Gasteiger partial charge < -0.3 is 9.47 Å². The van der Waals surface area contributed by atoms with E-state index in [1.54, 1.807) is 11.8 Å². The summed E-state index contributed by atoms with van der Waals surface area (Å²) in [5, 5.41) is 0.715. The van der Waals surface area contributed by atoms with E-state index in [0.717, 1.165) is 16.4 Å². The van der Waals surface area contributed by atoms with Gasteiger partial charge in [-0.15, -0.1) is 11.8 Å². The number of fused-ring (bicyclic) bond motifs is 1. The van der Waals surface area contributed by atoms with Crippen LogP contribution in [0.2, 0.25) is 5.02 Å². The second-order valence-electron chi connectivity index (χ2n) is 2.31. The molecule has 0 bridgehead atoms. The predicted molar refractivity (Wildman–Crippen MR) is 49.4 cm³/mol. The second kappa shape index (κ2) is 3.07. The van der Waals surface area contributed by atoms with Crippen molar-refractivity contribution in [2.45, 2.75) is 4.90 Å². The molecule has 0 fully saturated rings. The summed E-state index contributed by atoms with van der Waals surface area (Å²) in [7, 11) is 0. The van der Waals surface area contributed by atoms with Gasteiger partial charge >= 0.3 is 0 Å². The van der Waals surface area contributed by atoms with Gasteiger partial charge in [0, 0.05) is 0 Å². The lowest BCUT2D eigenvalue weighted by atomic mass is 10.3. The Morgan fingerprint density at radius 1 is 1.42 bits per heavy atom. The van der Waals surface area contributed by atoms with Crippen LogP contribution in [0.4, 0.5) is 0 Å². The molecule has 0 saturated heterocycles. The fourth-order valence-corrected chi connectivity index (χ4v) is 2.10. The lowest BCUT2D eigenvalue weighted by Gasteiger charge is -2.03. The maximum absolute atomic E-state index is 5.95. The number of ether oxygens (including phenoxy) is 2. The van der Waals surface area contributed by atoms with E-state index < -0.39 is 0 Å². The zero-order valence-corrected chi connectivity index (χ0v) is 8.04. The van der Waals surface area contributed by atoms with Crippen molar-refractivity contribution in [1.29, 1.82) is 0 Å². The summed E-state index contributed by atoms with van der Waals surface area (Å²) >= 11 is 7.52. The van der Waals surface area contributed by atoms with Gasteiger partial charge in [-0.3, -0.25) is 0 Å². The molecule has 0 N–H and O–H groups in total. The summed E-state index contributed by atoms with van der Waals surface area (Å²) in [6.07, 6.45) is 1.96. The summed E-state index contributed by atoms with van der Waals surface area (Å²) in [6.45, 7) is 0.295. The SMILES string of the molecule is CSc1c(Cl)ccc2c1OCO2. The van der Waals surface area contributed by atoms with Crippen LogP contribution in [0.15, 0.2) is 17.0 Å². The zero-order chi connectivity index (χ0) is 8.55. The average Bonchev–Trinajstić information content (AvgIpc) is 2.52. The topological polar surface area (TPSA) is 18.5 Å². The minimum absolute atomic E-state index is 0.295. The van der Waals surface area contributed by atoms with Crippen LogP contribution in [-0.4, -0.2) is 13.0 Å². The van der Waals surface area contributed by atoms with Crippen molar-refractivity contribution in [3.8, 4) is 11.5 Å². The van der Waals surface area contributed by atoms with Crippen LogP contribution in [0.1, 0.15) is 0 Å². The quantitative estimate of drug-likeness (QED) is 0.653. The minimum Gasteiger partial charge on any atom is -0.454 e. The Morgan fingerprint density at radius 3 is 3.00 bits per heavy atom. The van der Waals surface area contributed by atoms with Crippen LogP contribution < -0.4 is 9.47 Å². The molecule has 12 heavy (non-hydrogen) atoms. The van der Waals surface area contributed by atoms with Crippen molar-refractivity contribution in [3.05, 3.63) is 17.2 Å². The van der Waals surface area contributed by atoms with Crippen molar-refractivity contribution in [2.75, 3.05) is 13.0 Å². The first-order chi connectivity index (χ1) is 5.83. The molecule has 64 valence electrons. The molecule has 0 amide bonds. The summed E-state index contributed by atoms with van der Waals surface area (Å²) in [5.41, 5.74) is 0. The van der Waals surface area contributed by atoms with Crippen LogP contribution >= 0.6 is 23.4 Å². The summed E-state index contributed by atoms with van der Waals surface area (Å²) in [5.74, 6) is 1.55. The molecule has 0 spiro atoms. The van der Waals surface area contributed by atoms with Crippen LogP contribution in [0.3, 0.4) is 0 Å². The third-order valence-electron chi connectivity index (χ3n) is 1.65. The molecule has 1 aliphatic heterocycles. The number of benzene rings is 1. The number of thioether (sulfide) groups is 1. The largest absolute Gasteiger partial charge is 0.454 e. The Hall–Kier alpha value is -0.540. The lowest BCUT2D eigenvalue weighted by Crippen LogP contribution is -1.93. The highest BCUT2D eigenvalue weighted by molar-refractivity contribution is 7.98. The molecule has 0 unspecified atom stereocenters. The molecule has 0 aromatic heterocycles. The van der Waals surface area contributed by atoms with Gasteiger partial charge in [-0.05, 0) is 18.4 Å². The highest BCUT2D eigenvalue weighted by Gasteiger charge is 2.19. The number of hydrogen-bond acceptors (Lipinski definition) is 3. The Balaban J connectivity index is 2.57. The third-order valence-corrected chi connectivity index (χ3v) is 2.89. The standard InChI is InChI=1S/C8H7ClO2S/c1-12-8-5(9)2-3-6-7(8)11-4-10-6/h2-3H,4H2,1H3. The molecule has 0 radical (unpaired) electrons. The Morgan fingerprint density at radius 2 is 2.25 bits per heavy atom. The number of rotatable bonds is 1. The Bertz CT molecular complexity index is 314. The van der Waals surface area contributed by atoms with E-state index in [1.807, 2.05) is 18.4 Å². The van der Waals surface area contributed by atoms with Crippen LogP contribution in [0.5, 0.6) is 11.5 Å². The number of halogens is 1. The normalized spacial score (nSPS) is 13.5. The molecule has 0 atom stereocenters. The van der Waals surface area contributed by atoms with Gasteiger partial charge in [0.25, 0.3) is 0 Å². The highest BCUT2D eigenvalue weighted by Crippen LogP contribution is 2.43. The summed E-state index contributed by atoms with van der Waals surface area (Å²) in [6, 6.07) is 3.64. The van der Waals surface area contributed by atoms with Crippen LogP contribution in [-0.2, 0) is 0 Å². The van der Waals surface area contributed by atoms with Crippen molar-refractivity contribution in [2.24, 2.45) is 0 Å².